The van der Waals surface area contributed by atoms with Crippen molar-refractivity contribution < 1.29 is 4.79 Å². The number of nitrogens with zero attached hydrogens (tertiary/aromatic N) is 3. The number of carbonyl (C=O) groups excluding carboxylic acids is 1. The molecule has 0 aliphatic carbocycles. The number of hydrogen-bond acceptors (Lipinski definition) is 3. The maximum Gasteiger partial charge on any atom is 0.256 e. The molecule has 0 saturated carbocycles. The fourth-order valence-corrected chi connectivity index (χ4v) is 3.07. The normalized spacial score (nSPS) is 10.6. The molecule has 1 amide bonds. The zero-order chi connectivity index (χ0) is 15.4. The van der Waals surface area contributed by atoms with Gasteiger partial charge in [-0.05, 0) is 36.6 Å². The van der Waals surface area contributed by atoms with Gasteiger partial charge in [-0.3, -0.25) is 4.79 Å². The van der Waals surface area contributed by atoms with Gasteiger partial charge in [0.05, 0.1) is 17.8 Å². The number of carbonyl (C=O) groups is 1. The van der Waals surface area contributed by atoms with Crippen LogP contribution in [0.15, 0.2) is 60.2 Å². The minimum atomic E-state index is 0.0296. The molecule has 22 heavy (non-hydrogen) atoms. The van der Waals surface area contributed by atoms with Crippen LogP contribution in [0, 0.1) is 0 Å². The van der Waals surface area contributed by atoms with Crippen molar-refractivity contribution in [3.8, 4) is 5.69 Å². The van der Waals surface area contributed by atoms with Gasteiger partial charge in [0.15, 0.2) is 0 Å². The second kappa shape index (κ2) is 6.58. The summed E-state index contributed by atoms with van der Waals surface area (Å²) in [6.45, 7) is 3.31. The van der Waals surface area contributed by atoms with Crippen LogP contribution in [0.2, 0.25) is 0 Å². The monoisotopic (exact) mass is 311 g/mol. The number of benzene rings is 1. The Kier molecular flexibility index (Phi) is 4.34. The molecule has 0 aliphatic rings. The lowest BCUT2D eigenvalue weighted by molar-refractivity contribution is 0.0754. The Morgan fingerprint density at radius 1 is 1.23 bits per heavy atom. The molecule has 3 aromatic rings. The Morgan fingerprint density at radius 3 is 2.77 bits per heavy atom. The van der Waals surface area contributed by atoms with Gasteiger partial charge >= 0.3 is 0 Å². The Morgan fingerprint density at radius 2 is 2.09 bits per heavy atom. The average molecular weight is 311 g/mol. The van der Waals surface area contributed by atoms with Crippen LogP contribution in [0.4, 0.5) is 0 Å². The molecule has 0 fully saturated rings. The van der Waals surface area contributed by atoms with E-state index in [0.717, 1.165) is 5.69 Å². The van der Waals surface area contributed by atoms with Gasteiger partial charge in [0, 0.05) is 23.8 Å². The Bertz CT molecular complexity index is 735. The van der Waals surface area contributed by atoms with E-state index in [-0.39, 0.29) is 5.91 Å². The van der Waals surface area contributed by atoms with Crippen molar-refractivity contribution >= 4 is 17.2 Å². The third-order valence-electron chi connectivity index (χ3n) is 3.48. The van der Waals surface area contributed by atoms with E-state index in [0.29, 0.717) is 18.7 Å². The summed E-state index contributed by atoms with van der Waals surface area (Å²) in [5, 5.41) is 6.27. The molecule has 2 heterocycles. The van der Waals surface area contributed by atoms with Gasteiger partial charge in [0.25, 0.3) is 5.91 Å². The quantitative estimate of drug-likeness (QED) is 0.722. The SMILES string of the molecule is CCN(Cc1cccs1)C(=O)c1ccccc1-n1cccn1. The Labute approximate surface area is 133 Å². The van der Waals surface area contributed by atoms with E-state index in [1.54, 1.807) is 22.2 Å². The highest BCUT2D eigenvalue weighted by molar-refractivity contribution is 7.09. The highest BCUT2D eigenvalue weighted by Gasteiger charge is 2.19. The minimum absolute atomic E-state index is 0.0296. The highest BCUT2D eigenvalue weighted by Crippen LogP contribution is 2.18. The molecular weight excluding hydrogens is 294 g/mol. The first kappa shape index (κ1) is 14.5. The van der Waals surface area contributed by atoms with Crippen LogP contribution < -0.4 is 0 Å². The summed E-state index contributed by atoms with van der Waals surface area (Å²) in [4.78, 5) is 15.9. The van der Waals surface area contributed by atoms with Crippen LogP contribution in [0.5, 0.6) is 0 Å². The molecule has 0 N–H and O–H groups in total. The molecule has 112 valence electrons. The lowest BCUT2D eigenvalue weighted by Crippen LogP contribution is -2.30. The van der Waals surface area contributed by atoms with Crippen LogP contribution in [0.3, 0.4) is 0 Å². The molecule has 3 rings (SSSR count). The van der Waals surface area contributed by atoms with Crippen molar-refractivity contribution in [1.29, 1.82) is 0 Å². The van der Waals surface area contributed by atoms with Gasteiger partial charge in [-0.25, -0.2) is 4.68 Å². The van der Waals surface area contributed by atoms with Crippen molar-refractivity contribution in [2.75, 3.05) is 6.54 Å². The second-order valence-corrected chi connectivity index (χ2v) is 5.90. The number of aromatic nitrogens is 2. The summed E-state index contributed by atoms with van der Waals surface area (Å²) < 4.78 is 1.73. The average Bonchev–Trinajstić information content (AvgIpc) is 3.25. The van der Waals surface area contributed by atoms with Crippen LogP contribution >= 0.6 is 11.3 Å². The van der Waals surface area contributed by atoms with Crippen molar-refractivity contribution in [2.45, 2.75) is 13.5 Å². The lowest BCUT2D eigenvalue weighted by Gasteiger charge is -2.21. The highest BCUT2D eigenvalue weighted by atomic mass is 32.1. The van der Waals surface area contributed by atoms with Crippen LogP contribution in [0.25, 0.3) is 5.69 Å². The molecule has 0 radical (unpaired) electrons. The van der Waals surface area contributed by atoms with Gasteiger partial charge in [-0.2, -0.15) is 5.10 Å². The number of thiophene rings is 1. The number of hydrogen-bond donors (Lipinski definition) is 0. The predicted octanol–water partition coefficient (Wildman–Crippen LogP) is 3.60. The van der Waals surface area contributed by atoms with E-state index in [1.165, 1.54) is 4.88 Å². The van der Waals surface area contributed by atoms with Gasteiger partial charge in [0.1, 0.15) is 0 Å². The van der Waals surface area contributed by atoms with Crippen LogP contribution in [0.1, 0.15) is 22.2 Å². The fraction of sp³-hybridized carbons (Fsp3) is 0.176. The van der Waals surface area contributed by atoms with Crippen LogP contribution in [-0.4, -0.2) is 27.1 Å². The van der Waals surface area contributed by atoms with E-state index in [9.17, 15) is 4.79 Å². The molecule has 1 aromatic carbocycles. The van der Waals surface area contributed by atoms with Crippen molar-refractivity contribution in [3.05, 3.63) is 70.7 Å². The largest absolute Gasteiger partial charge is 0.334 e. The molecule has 0 atom stereocenters. The zero-order valence-electron chi connectivity index (χ0n) is 12.3. The standard InChI is InChI=1S/C17H17N3OS/c1-2-19(13-14-7-5-12-22-14)17(21)15-8-3-4-9-16(15)20-11-6-10-18-20/h3-12H,2,13H2,1H3. The minimum Gasteiger partial charge on any atom is -0.334 e. The maximum atomic E-state index is 12.9. The summed E-state index contributed by atoms with van der Waals surface area (Å²) in [5.41, 5.74) is 1.48. The molecule has 0 unspecified atom stereocenters. The van der Waals surface area contributed by atoms with Gasteiger partial charge in [-0.1, -0.05) is 18.2 Å². The number of amides is 1. The summed E-state index contributed by atoms with van der Waals surface area (Å²) in [5.74, 6) is 0.0296. The number of para-hydroxylation sites is 1. The topological polar surface area (TPSA) is 38.1 Å². The summed E-state index contributed by atoms with van der Waals surface area (Å²) >= 11 is 1.67. The van der Waals surface area contributed by atoms with E-state index in [4.69, 9.17) is 0 Å². The first-order valence-corrected chi connectivity index (χ1v) is 8.08. The van der Waals surface area contributed by atoms with Crippen LogP contribution in [-0.2, 0) is 6.54 Å². The molecule has 0 aliphatic heterocycles. The third kappa shape index (κ3) is 2.94. The smallest absolute Gasteiger partial charge is 0.256 e. The number of rotatable bonds is 5. The van der Waals surface area contributed by atoms with E-state index in [1.807, 2.05) is 59.8 Å². The van der Waals surface area contributed by atoms with E-state index in [2.05, 4.69) is 11.2 Å². The summed E-state index contributed by atoms with van der Waals surface area (Å²) in [6, 6.07) is 13.5. The van der Waals surface area contributed by atoms with E-state index >= 15 is 0 Å². The molecular formula is C17H17N3OS. The Balaban J connectivity index is 1.91. The van der Waals surface area contributed by atoms with Crippen molar-refractivity contribution in [1.82, 2.24) is 14.7 Å². The zero-order valence-corrected chi connectivity index (χ0v) is 13.2. The molecule has 2 aromatic heterocycles. The molecule has 0 saturated heterocycles. The molecule has 4 nitrogen and oxygen atoms in total. The predicted molar refractivity (Wildman–Crippen MR) is 88.3 cm³/mol. The molecule has 0 bridgehead atoms. The maximum absolute atomic E-state index is 12.9. The van der Waals surface area contributed by atoms with Gasteiger partial charge < -0.3 is 4.90 Å². The first-order valence-electron chi connectivity index (χ1n) is 7.20. The molecule has 0 spiro atoms. The lowest BCUT2D eigenvalue weighted by atomic mass is 10.1. The first-order chi connectivity index (χ1) is 10.8. The van der Waals surface area contributed by atoms with Crippen molar-refractivity contribution in [2.24, 2.45) is 0 Å². The molecule has 5 heteroatoms. The van der Waals surface area contributed by atoms with Gasteiger partial charge in [-0.15, -0.1) is 11.3 Å². The van der Waals surface area contributed by atoms with Crippen molar-refractivity contribution in [3.63, 3.8) is 0 Å². The fourth-order valence-electron chi connectivity index (χ4n) is 2.35. The Hall–Kier alpha value is -2.40. The third-order valence-corrected chi connectivity index (χ3v) is 4.34. The summed E-state index contributed by atoms with van der Waals surface area (Å²) in [6.07, 6.45) is 3.56. The van der Waals surface area contributed by atoms with E-state index < -0.39 is 0 Å². The summed E-state index contributed by atoms with van der Waals surface area (Å²) in [7, 11) is 0. The second-order valence-electron chi connectivity index (χ2n) is 4.87. The van der Waals surface area contributed by atoms with Gasteiger partial charge in [0.2, 0.25) is 0 Å².